The number of ketones is 1. The molecule has 1 aromatic heterocycles. The van der Waals surface area contributed by atoms with Crippen molar-refractivity contribution in [1.82, 2.24) is 4.98 Å². The Morgan fingerprint density at radius 2 is 1.68 bits per heavy atom. The minimum atomic E-state index is -0.0257. The van der Waals surface area contributed by atoms with E-state index in [1.165, 1.54) is 18.5 Å². The van der Waals surface area contributed by atoms with Crippen LogP contribution in [0.2, 0.25) is 5.15 Å². The maximum atomic E-state index is 12.3. The highest BCUT2D eigenvalue weighted by molar-refractivity contribution is 6.30. The molecule has 0 atom stereocenters. The second kappa shape index (κ2) is 7.95. The number of pyridine rings is 1. The lowest BCUT2D eigenvalue weighted by atomic mass is 10.0. The van der Waals surface area contributed by atoms with E-state index in [4.69, 9.17) is 11.6 Å². The Bertz CT molecular complexity index is 619. The number of carbonyl (C=O) groups is 1. The van der Waals surface area contributed by atoms with E-state index < -0.39 is 0 Å². The Balaban J connectivity index is 0.000000847. The molecule has 0 amide bonds. The van der Waals surface area contributed by atoms with Crippen molar-refractivity contribution in [3.8, 4) is 0 Å². The molecule has 0 radical (unpaired) electrons. The number of halogens is 1. The largest absolute Gasteiger partial charge is 0.372 e. The first-order valence-electron chi connectivity index (χ1n) is 7.75. The van der Waals surface area contributed by atoms with Gasteiger partial charge in [-0.15, -0.1) is 0 Å². The molecule has 1 aromatic carbocycles. The molecule has 22 heavy (non-hydrogen) atoms. The predicted molar refractivity (Wildman–Crippen MR) is 91.9 cm³/mol. The van der Waals surface area contributed by atoms with Gasteiger partial charge in [-0.3, -0.25) is 4.79 Å². The summed E-state index contributed by atoms with van der Waals surface area (Å²) in [5.41, 5.74) is 2.43. The van der Waals surface area contributed by atoms with E-state index in [0.717, 1.165) is 13.1 Å². The number of carbonyl (C=O) groups excluding carboxylic acids is 1. The number of nitrogens with zero attached hydrogens (tertiary/aromatic N) is 2. The standard InChI is InChI=1S/C16H15ClN2O.C2H6/c17-15-11-13(7-8-18-15)16(20)12-3-5-14(6-4-12)19-9-1-2-10-19;1-2/h3-8,11H,1-2,9-10H2;1-2H3. The second-order valence-electron chi connectivity index (χ2n) is 4.94. The van der Waals surface area contributed by atoms with Crippen LogP contribution < -0.4 is 4.90 Å². The molecule has 0 N–H and O–H groups in total. The van der Waals surface area contributed by atoms with Gasteiger partial charge in [-0.2, -0.15) is 0 Å². The molecule has 116 valence electrons. The molecule has 2 aromatic rings. The first-order valence-corrected chi connectivity index (χ1v) is 8.13. The Labute approximate surface area is 136 Å². The predicted octanol–water partition coefficient (Wildman–Crippen LogP) is 4.59. The van der Waals surface area contributed by atoms with Crippen LogP contribution in [0, 0.1) is 0 Å². The van der Waals surface area contributed by atoms with Crippen LogP contribution >= 0.6 is 11.6 Å². The van der Waals surface area contributed by atoms with Gasteiger partial charge in [0.05, 0.1) is 0 Å². The molecule has 1 saturated heterocycles. The zero-order chi connectivity index (χ0) is 15.9. The van der Waals surface area contributed by atoms with Crippen molar-refractivity contribution < 1.29 is 4.79 Å². The van der Waals surface area contributed by atoms with Crippen molar-refractivity contribution >= 4 is 23.1 Å². The Morgan fingerprint density at radius 3 is 2.27 bits per heavy atom. The number of aromatic nitrogens is 1. The quantitative estimate of drug-likeness (QED) is 0.613. The van der Waals surface area contributed by atoms with E-state index in [-0.39, 0.29) is 5.78 Å². The molecular formula is C18H21ClN2O. The summed E-state index contributed by atoms with van der Waals surface area (Å²) in [6.45, 7) is 6.21. The van der Waals surface area contributed by atoms with E-state index in [9.17, 15) is 4.79 Å². The van der Waals surface area contributed by atoms with Crippen molar-refractivity contribution in [3.05, 3.63) is 58.9 Å². The van der Waals surface area contributed by atoms with E-state index >= 15 is 0 Å². The Morgan fingerprint density at radius 1 is 1.05 bits per heavy atom. The van der Waals surface area contributed by atoms with Gasteiger partial charge in [-0.1, -0.05) is 25.4 Å². The topological polar surface area (TPSA) is 33.2 Å². The fourth-order valence-electron chi connectivity index (χ4n) is 2.51. The number of anilines is 1. The van der Waals surface area contributed by atoms with Crippen LogP contribution in [0.1, 0.15) is 42.6 Å². The first-order chi connectivity index (χ1) is 10.7. The van der Waals surface area contributed by atoms with E-state index in [1.807, 2.05) is 38.1 Å². The van der Waals surface area contributed by atoms with Crippen molar-refractivity contribution in [2.45, 2.75) is 26.7 Å². The zero-order valence-electron chi connectivity index (χ0n) is 13.1. The van der Waals surface area contributed by atoms with Gasteiger partial charge in [-0.25, -0.2) is 4.98 Å². The highest BCUT2D eigenvalue weighted by Gasteiger charge is 2.14. The van der Waals surface area contributed by atoms with Crippen LogP contribution in [0.25, 0.3) is 0 Å². The maximum absolute atomic E-state index is 12.3. The van der Waals surface area contributed by atoms with Crippen LogP contribution in [0.4, 0.5) is 5.69 Å². The van der Waals surface area contributed by atoms with Crippen LogP contribution in [0.15, 0.2) is 42.6 Å². The van der Waals surface area contributed by atoms with Crippen molar-refractivity contribution in [2.75, 3.05) is 18.0 Å². The van der Waals surface area contributed by atoms with Crippen LogP contribution in [-0.4, -0.2) is 23.9 Å². The third-order valence-electron chi connectivity index (χ3n) is 3.59. The number of hydrogen-bond donors (Lipinski definition) is 0. The minimum absolute atomic E-state index is 0.0257. The summed E-state index contributed by atoms with van der Waals surface area (Å²) in [5, 5.41) is 0.338. The molecule has 2 heterocycles. The summed E-state index contributed by atoms with van der Waals surface area (Å²) in [4.78, 5) is 18.6. The summed E-state index contributed by atoms with van der Waals surface area (Å²) in [7, 11) is 0. The monoisotopic (exact) mass is 316 g/mol. The number of rotatable bonds is 3. The lowest BCUT2D eigenvalue weighted by molar-refractivity contribution is 0.103. The van der Waals surface area contributed by atoms with Gasteiger partial charge in [0.1, 0.15) is 5.15 Å². The van der Waals surface area contributed by atoms with E-state index in [0.29, 0.717) is 16.3 Å². The third-order valence-corrected chi connectivity index (χ3v) is 3.80. The van der Waals surface area contributed by atoms with Crippen LogP contribution in [-0.2, 0) is 0 Å². The number of benzene rings is 1. The average molecular weight is 317 g/mol. The Hall–Kier alpha value is -1.87. The van der Waals surface area contributed by atoms with E-state index in [1.54, 1.807) is 18.3 Å². The molecule has 0 spiro atoms. The first kappa shape index (κ1) is 16.5. The fraction of sp³-hybridized carbons (Fsp3) is 0.333. The number of hydrogen-bond acceptors (Lipinski definition) is 3. The highest BCUT2D eigenvalue weighted by atomic mass is 35.5. The maximum Gasteiger partial charge on any atom is 0.193 e. The summed E-state index contributed by atoms with van der Waals surface area (Å²) in [6, 6.07) is 11.1. The highest BCUT2D eigenvalue weighted by Crippen LogP contribution is 2.21. The van der Waals surface area contributed by atoms with E-state index in [2.05, 4.69) is 9.88 Å². The zero-order valence-corrected chi connectivity index (χ0v) is 13.8. The van der Waals surface area contributed by atoms with Gasteiger partial charge in [-0.05, 0) is 49.2 Å². The van der Waals surface area contributed by atoms with Gasteiger partial charge < -0.3 is 4.90 Å². The smallest absolute Gasteiger partial charge is 0.193 e. The second-order valence-corrected chi connectivity index (χ2v) is 5.32. The minimum Gasteiger partial charge on any atom is -0.372 e. The Kier molecular flexibility index (Phi) is 5.96. The van der Waals surface area contributed by atoms with Gasteiger partial charge in [0.25, 0.3) is 0 Å². The molecule has 3 rings (SSSR count). The lowest BCUT2D eigenvalue weighted by Crippen LogP contribution is -2.17. The average Bonchev–Trinajstić information content (AvgIpc) is 3.11. The fourth-order valence-corrected chi connectivity index (χ4v) is 2.68. The third kappa shape index (κ3) is 3.86. The summed E-state index contributed by atoms with van der Waals surface area (Å²) in [6.07, 6.45) is 4.04. The van der Waals surface area contributed by atoms with Gasteiger partial charge in [0.15, 0.2) is 5.78 Å². The molecule has 1 aliphatic heterocycles. The molecule has 0 bridgehead atoms. The molecule has 0 saturated carbocycles. The van der Waals surface area contributed by atoms with Crippen LogP contribution in [0.3, 0.4) is 0 Å². The van der Waals surface area contributed by atoms with Crippen LogP contribution in [0.5, 0.6) is 0 Å². The molecule has 1 aliphatic rings. The molecule has 0 unspecified atom stereocenters. The van der Waals surface area contributed by atoms with Crippen molar-refractivity contribution in [2.24, 2.45) is 0 Å². The van der Waals surface area contributed by atoms with Crippen molar-refractivity contribution in [1.29, 1.82) is 0 Å². The summed E-state index contributed by atoms with van der Waals surface area (Å²) >= 11 is 5.82. The normalized spacial score (nSPS) is 13.5. The van der Waals surface area contributed by atoms with Gasteiger partial charge in [0, 0.05) is 36.1 Å². The lowest BCUT2D eigenvalue weighted by Gasteiger charge is -2.17. The van der Waals surface area contributed by atoms with Crippen molar-refractivity contribution in [3.63, 3.8) is 0 Å². The molecular weight excluding hydrogens is 296 g/mol. The summed E-state index contributed by atoms with van der Waals surface area (Å²) in [5.74, 6) is -0.0257. The molecule has 1 fully saturated rings. The van der Waals surface area contributed by atoms with Gasteiger partial charge >= 0.3 is 0 Å². The summed E-state index contributed by atoms with van der Waals surface area (Å²) < 4.78 is 0. The van der Waals surface area contributed by atoms with Gasteiger partial charge in [0.2, 0.25) is 0 Å². The SMILES string of the molecule is CC.O=C(c1ccc(N2CCCC2)cc1)c1ccnc(Cl)c1. The molecule has 4 heteroatoms. The molecule has 3 nitrogen and oxygen atoms in total. The molecule has 0 aliphatic carbocycles.